The summed E-state index contributed by atoms with van der Waals surface area (Å²) in [6.07, 6.45) is 3.89. The van der Waals surface area contributed by atoms with Crippen LogP contribution in [0, 0.1) is 17.7 Å². The standard InChI is InChI=1S/C21H32FN7O2S/c1-3-23-19-27-20(24-4-2)29-21(28-19)25-13-15-5-7-16(8-6-15)14-26-32(30,31)18-11-9-17(22)10-12-18/h9-12,15-16,26H,3-8,13-14H2,1-2H3,(H3,23,24,25,27,28,29). The molecule has 4 N–H and O–H groups in total. The van der Waals surface area contributed by atoms with Crippen LogP contribution < -0.4 is 20.7 Å². The van der Waals surface area contributed by atoms with Crippen molar-refractivity contribution in [1.29, 1.82) is 0 Å². The molecule has 1 heterocycles. The lowest BCUT2D eigenvalue weighted by atomic mass is 9.82. The van der Waals surface area contributed by atoms with Crippen molar-refractivity contribution < 1.29 is 12.8 Å². The summed E-state index contributed by atoms with van der Waals surface area (Å²) in [7, 11) is -3.62. The van der Waals surface area contributed by atoms with E-state index in [0.29, 0.717) is 36.2 Å². The molecule has 0 amide bonds. The number of aromatic nitrogens is 3. The van der Waals surface area contributed by atoms with E-state index in [-0.39, 0.29) is 4.90 Å². The molecule has 0 aliphatic heterocycles. The average molecular weight is 466 g/mol. The van der Waals surface area contributed by atoms with Gasteiger partial charge in [0.25, 0.3) is 0 Å². The summed E-state index contributed by atoms with van der Waals surface area (Å²) in [5.74, 6) is 1.93. The fourth-order valence-electron chi connectivity index (χ4n) is 3.73. The van der Waals surface area contributed by atoms with Crippen molar-refractivity contribution in [2.24, 2.45) is 11.8 Å². The van der Waals surface area contributed by atoms with E-state index in [1.165, 1.54) is 12.1 Å². The van der Waals surface area contributed by atoms with Crippen LogP contribution >= 0.6 is 0 Å². The highest BCUT2D eigenvalue weighted by Gasteiger charge is 2.23. The number of halogens is 1. The Balaban J connectivity index is 1.45. The molecule has 2 aromatic rings. The van der Waals surface area contributed by atoms with E-state index in [9.17, 15) is 12.8 Å². The van der Waals surface area contributed by atoms with Crippen molar-refractivity contribution in [2.45, 2.75) is 44.4 Å². The quantitative estimate of drug-likeness (QED) is 0.400. The maximum Gasteiger partial charge on any atom is 0.240 e. The molecule has 0 radical (unpaired) electrons. The molecule has 9 nitrogen and oxygen atoms in total. The van der Waals surface area contributed by atoms with E-state index < -0.39 is 15.8 Å². The summed E-state index contributed by atoms with van der Waals surface area (Å²) in [5, 5.41) is 9.55. The zero-order chi connectivity index (χ0) is 23.0. The predicted octanol–water partition coefficient (Wildman–Crippen LogP) is 3.07. The molecule has 11 heteroatoms. The van der Waals surface area contributed by atoms with Gasteiger partial charge in [-0.2, -0.15) is 15.0 Å². The van der Waals surface area contributed by atoms with Gasteiger partial charge in [-0.1, -0.05) is 0 Å². The highest BCUT2D eigenvalue weighted by Crippen LogP contribution is 2.29. The molecule has 1 aromatic heterocycles. The van der Waals surface area contributed by atoms with Crippen LogP contribution in [0.15, 0.2) is 29.2 Å². The van der Waals surface area contributed by atoms with Gasteiger partial charge in [-0.05, 0) is 75.6 Å². The molecule has 0 saturated heterocycles. The van der Waals surface area contributed by atoms with Crippen molar-refractivity contribution in [1.82, 2.24) is 19.7 Å². The van der Waals surface area contributed by atoms with Gasteiger partial charge in [-0.3, -0.25) is 0 Å². The monoisotopic (exact) mass is 465 g/mol. The smallest absolute Gasteiger partial charge is 0.240 e. The van der Waals surface area contributed by atoms with Gasteiger partial charge >= 0.3 is 0 Å². The highest BCUT2D eigenvalue weighted by atomic mass is 32.2. The normalized spacial score (nSPS) is 18.8. The summed E-state index contributed by atoms with van der Waals surface area (Å²) in [5.41, 5.74) is 0. The van der Waals surface area contributed by atoms with Gasteiger partial charge < -0.3 is 16.0 Å². The number of hydrogen-bond acceptors (Lipinski definition) is 8. The maximum absolute atomic E-state index is 13.0. The summed E-state index contributed by atoms with van der Waals surface area (Å²) >= 11 is 0. The maximum atomic E-state index is 13.0. The van der Waals surface area contributed by atoms with Gasteiger partial charge in [-0.25, -0.2) is 17.5 Å². The lowest BCUT2D eigenvalue weighted by molar-refractivity contribution is 0.284. The molecular formula is C21H32FN7O2S. The van der Waals surface area contributed by atoms with Crippen LogP contribution in [0.1, 0.15) is 39.5 Å². The molecule has 176 valence electrons. The molecule has 3 rings (SSSR count). The fourth-order valence-corrected chi connectivity index (χ4v) is 4.85. The Morgan fingerprint density at radius 2 is 1.28 bits per heavy atom. The second-order valence-electron chi connectivity index (χ2n) is 7.94. The van der Waals surface area contributed by atoms with E-state index in [2.05, 4.69) is 35.6 Å². The van der Waals surface area contributed by atoms with Gasteiger partial charge in [0.15, 0.2) is 0 Å². The molecule has 1 aromatic carbocycles. The van der Waals surface area contributed by atoms with Gasteiger partial charge in [0.2, 0.25) is 27.9 Å². The van der Waals surface area contributed by atoms with E-state index in [0.717, 1.165) is 57.5 Å². The lowest BCUT2D eigenvalue weighted by Crippen LogP contribution is -2.32. The zero-order valence-corrected chi connectivity index (χ0v) is 19.4. The minimum atomic E-state index is -3.62. The number of rotatable bonds is 11. The number of hydrogen-bond donors (Lipinski definition) is 4. The highest BCUT2D eigenvalue weighted by molar-refractivity contribution is 7.89. The minimum absolute atomic E-state index is 0.0861. The van der Waals surface area contributed by atoms with Crippen LogP contribution in [0.5, 0.6) is 0 Å². The Labute approximate surface area is 189 Å². The van der Waals surface area contributed by atoms with Crippen LogP contribution in [-0.4, -0.2) is 49.5 Å². The Morgan fingerprint density at radius 3 is 1.78 bits per heavy atom. The second kappa shape index (κ2) is 11.4. The number of nitrogens with one attached hydrogen (secondary N) is 4. The SMILES string of the molecule is CCNc1nc(NCC)nc(NCC2CCC(CNS(=O)(=O)c3ccc(F)cc3)CC2)n1. The number of sulfonamides is 1. The van der Waals surface area contributed by atoms with Crippen LogP contribution in [0.2, 0.25) is 0 Å². The van der Waals surface area contributed by atoms with Crippen molar-refractivity contribution in [3.63, 3.8) is 0 Å². The summed E-state index contributed by atoms with van der Waals surface area (Å²) in [4.78, 5) is 13.2. The van der Waals surface area contributed by atoms with Crippen LogP contribution in [0.25, 0.3) is 0 Å². The molecule has 1 saturated carbocycles. The van der Waals surface area contributed by atoms with E-state index in [1.54, 1.807) is 0 Å². The first-order valence-corrected chi connectivity index (χ1v) is 12.6. The van der Waals surface area contributed by atoms with Crippen molar-refractivity contribution >= 4 is 27.9 Å². The average Bonchev–Trinajstić information content (AvgIpc) is 2.78. The minimum Gasteiger partial charge on any atom is -0.354 e. The fraction of sp³-hybridized carbons (Fsp3) is 0.571. The molecule has 1 aliphatic carbocycles. The van der Waals surface area contributed by atoms with E-state index >= 15 is 0 Å². The Kier molecular flexibility index (Phi) is 8.57. The molecule has 32 heavy (non-hydrogen) atoms. The first-order valence-electron chi connectivity index (χ1n) is 11.1. The molecular weight excluding hydrogens is 433 g/mol. The van der Waals surface area contributed by atoms with Crippen molar-refractivity contribution in [3.05, 3.63) is 30.1 Å². The topological polar surface area (TPSA) is 121 Å². The van der Waals surface area contributed by atoms with E-state index in [4.69, 9.17) is 0 Å². The van der Waals surface area contributed by atoms with E-state index in [1.807, 2.05) is 13.8 Å². The third kappa shape index (κ3) is 6.99. The lowest BCUT2D eigenvalue weighted by Gasteiger charge is -2.28. The predicted molar refractivity (Wildman–Crippen MR) is 124 cm³/mol. The molecule has 1 fully saturated rings. The van der Waals surface area contributed by atoms with Gasteiger partial charge in [0.05, 0.1) is 4.90 Å². The number of anilines is 3. The molecule has 0 unspecified atom stereocenters. The third-order valence-corrected chi connectivity index (χ3v) is 6.95. The summed E-state index contributed by atoms with van der Waals surface area (Å²) in [6, 6.07) is 4.87. The number of benzene rings is 1. The van der Waals surface area contributed by atoms with Crippen LogP contribution in [0.4, 0.5) is 22.2 Å². The van der Waals surface area contributed by atoms with Crippen LogP contribution in [-0.2, 0) is 10.0 Å². The summed E-state index contributed by atoms with van der Waals surface area (Å²) < 4.78 is 40.5. The van der Waals surface area contributed by atoms with Gasteiger partial charge in [0, 0.05) is 26.2 Å². The van der Waals surface area contributed by atoms with Crippen molar-refractivity contribution in [3.8, 4) is 0 Å². The second-order valence-corrected chi connectivity index (χ2v) is 9.71. The molecule has 1 aliphatic rings. The first-order chi connectivity index (χ1) is 15.4. The Hall–Kier alpha value is -2.53. The van der Waals surface area contributed by atoms with Gasteiger partial charge in [0.1, 0.15) is 5.82 Å². The molecule has 0 spiro atoms. The number of nitrogens with zero attached hydrogens (tertiary/aromatic N) is 3. The van der Waals surface area contributed by atoms with Crippen molar-refractivity contribution in [2.75, 3.05) is 42.1 Å². The Bertz CT molecular complexity index is 940. The van der Waals surface area contributed by atoms with Gasteiger partial charge in [-0.15, -0.1) is 0 Å². The summed E-state index contributed by atoms with van der Waals surface area (Å²) in [6.45, 7) is 6.58. The Morgan fingerprint density at radius 1 is 0.812 bits per heavy atom. The molecule has 0 atom stereocenters. The first kappa shape index (κ1) is 24.1. The zero-order valence-electron chi connectivity index (χ0n) is 18.6. The third-order valence-electron chi connectivity index (χ3n) is 5.51. The molecule has 0 bridgehead atoms. The van der Waals surface area contributed by atoms with Crippen LogP contribution in [0.3, 0.4) is 0 Å². The largest absolute Gasteiger partial charge is 0.354 e.